The van der Waals surface area contributed by atoms with Crippen LogP contribution in [0.15, 0.2) is 29.2 Å². The number of carbonyl (C=O) groups excluding carboxylic acids is 1. The second kappa shape index (κ2) is 7.50. The first-order valence-electron chi connectivity index (χ1n) is 7.37. The van der Waals surface area contributed by atoms with Crippen LogP contribution in [0, 0.1) is 0 Å². The maximum absolute atomic E-state index is 12.7. The Kier molecular flexibility index (Phi) is 5.67. The number of carboxylic acids is 1. The molecule has 1 aromatic rings. The molecule has 1 aliphatic rings. The van der Waals surface area contributed by atoms with Crippen LogP contribution in [0.1, 0.15) is 43.0 Å². The molecule has 1 fully saturated rings. The number of benzene rings is 1. The van der Waals surface area contributed by atoms with Gasteiger partial charge in [0.2, 0.25) is 0 Å². The first-order chi connectivity index (χ1) is 10.1. The molecule has 1 heterocycles. The Morgan fingerprint density at radius 2 is 1.76 bits per heavy atom. The Labute approximate surface area is 129 Å². The Morgan fingerprint density at radius 3 is 2.38 bits per heavy atom. The van der Waals surface area contributed by atoms with Gasteiger partial charge >= 0.3 is 5.97 Å². The van der Waals surface area contributed by atoms with E-state index in [1.165, 1.54) is 24.6 Å². The molecule has 1 amide bonds. The summed E-state index contributed by atoms with van der Waals surface area (Å²) in [5.41, 5.74) is 0.623. The smallest absolute Gasteiger partial charge is 0.316 e. The van der Waals surface area contributed by atoms with Gasteiger partial charge in [0.25, 0.3) is 5.91 Å². The van der Waals surface area contributed by atoms with Gasteiger partial charge in [-0.15, -0.1) is 11.8 Å². The highest BCUT2D eigenvalue weighted by atomic mass is 32.2. The van der Waals surface area contributed by atoms with Crippen LogP contribution in [-0.2, 0) is 4.79 Å². The zero-order valence-corrected chi connectivity index (χ0v) is 13.1. The van der Waals surface area contributed by atoms with Crippen LogP contribution < -0.4 is 0 Å². The number of hydrogen-bond donors (Lipinski definition) is 1. The maximum atomic E-state index is 12.7. The molecule has 0 aliphatic carbocycles. The van der Waals surface area contributed by atoms with Gasteiger partial charge in [-0.25, -0.2) is 0 Å². The van der Waals surface area contributed by atoms with Gasteiger partial charge in [-0.05, 0) is 31.9 Å². The van der Waals surface area contributed by atoms with Crippen molar-refractivity contribution in [3.63, 3.8) is 0 Å². The SMILES string of the molecule is CC(Sc1ccccc1C(=O)N1CCCCCC1)C(=O)O. The number of carbonyl (C=O) groups is 2. The molecular formula is C16H21NO3S. The molecular weight excluding hydrogens is 286 g/mol. The van der Waals surface area contributed by atoms with Crippen molar-refractivity contribution >= 4 is 23.6 Å². The van der Waals surface area contributed by atoms with Crippen LogP contribution >= 0.6 is 11.8 Å². The first kappa shape index (κ1) is 15.9. The third kappa shape index (κ3) is 4.24. The minimum atomic E-state index is -0.864. The number of thioether (sulfide) groups is 1. The average molecular weight is 307 g/mol. The van der Waals surface area contributed by atoms with Crippen LogP contribution in [0.3, 0.4) is 0 Å². The lowest BCUT2D eigenvalue weighted by molar-refractivity contribution is -0.136. The molecule has 1 N–H and O–H groups in total. The van der Waals surface area contributed by atoms with Crippen molar-refractivity contribution in [1.29, 1.82) is 0 Å². The number of hydrogen-bond acceptors (Lipinski definition) is 3. The van der Waals surface area contributed by atoms with Gasteiger partial charge in [0.15, 0.2) is 0 Å². The van der Waals surface area contributed by atoms with Gasteiger partial charge in [0, 0.05) is 18.0 Å². The second-order valence-electron chi connectivity index (χ2n) is 5.30. The minimum absolute atomic E-state index is 0.0255. The number of amides is 1. The van der Waals surface area contributed by atoms with Gasteiger partial charge in [-0.3, -0.25) is 9.59 Å². The molecule has 1 unspecified atom stereocenters. The molecule has 0 saturated carbocycles. The topological polar surface area (TPSA) is 57.6 Å². The zero-order chi connectivity index (χ0) is 15.2. The van der Waals surface area contributed by atoms with Crippen molar-refractivity contribution in [3.8, 4) is 0 Å². The standard InChI is InChI=1S/C16H21NO3S/c1-12(16(19)20)21-14-9-5-4-8-13(14)15(18)17-10-6-2-3-7-11-17/h4-5,8-9,12H,2-3,6-7,10-11H2,1H3,(H,19,20). The summed E-state index contributed by atoms with van der Waals surface area (Å²) in [7, 11) is 0. The van der Waals surface area contributed by atoms with E-state index in [0.717, 1.165) is 30.8 Å². The lowest BCUT2D eigenvalue weighted by Gasteiger charge is -2.22. The third-order valence-electron chi connectivity index (χ3n) is 3.66. The lowest BCUT2D eigenvalue weighted by atomic mass is 10.2. The molecule has 0 aromatic heterocycles. The highest BCUT2D eigenvalue weighted by molar-refractivity contribution is 8.00. The van der Waals surface area contributed by atoms with Crippen LogP contribution in [0.4, 0.5) is 0 Å². The van der Waals surface area contributed by atoms with E-state index in [9.17, 15) is 9.59 Å². The van der Waals surface area contributed by atoms with Crippen molar-refractivity contribution < 1.29 is 14.7 Å². The molecule has 114 valence electrons. The Bertz CT molecular complexity index is 510. The summed E-state index contributed by atoms with van der Waals surface area (Å²) in [5, 5.41) is 8.48. The van der Waals surface area contributed by atoms with Gasteiger partial charge in [-0.1, -0.05) is 25.0 Å². The van der Waals surface area contributed by atoms with Gasteiger partial charge in [0.1, 0.15) is 5.25 Å². The third-order valence-corrected chi connectivity index (χ3v) is 4.83. The van der Waals surface area contributed by atoms with E-state index in [0.29, 0.717) is 5.56 Å². The molecule has 1 saturated heterocycles. The molecule has 2 rings (SSSR count). The summed E-state index contributed by atoms with van der Waals surface area (Å²) in [6, 6.07) is 7.30. The normalized spacial score (nSPS) is 17.1. The number of aliphatic carboxylic acids is 1. The molecule has 5 heteroatoms. The Morgan fingerprint density at radius 1 is 1.14 bits per heavy atom. The van der Waals surface area contributed by atoms with E-state index >= 15 is 0 Å². The van der Waals surface area contributed by atoms with E-state index < -0.39 is 11.2 Å². The molecule has 0 bridgehead atoms. The summed E-state index contributed by atoms with van der Waals surface area (Å²) >= 11 is 1.23. The fourth-order valence-corrected chi connectivity index (χ4v) is 3.35. The monoisotopic (exact) mass is 307 g/mol. The van der Waals surface area contributed by atoms with Gasteiger partial charge in [-0.2, -0.15) is 0 Å². The summed E-state index contributed by atoms with van der Waals surface area (Å²) < 4.78 is 0. The highest BCUT2D eigenvalue weighted by Crippen LogP contribution is 2.28. The van der Waals surface area contributed by atoms with Gasteiger partial charge < -0.3 is 10.0 Å². The number of rotatable bonds is 4. The average Bonchev–Trinajstić information content (AvgIpc) is 2.76. The zero-order valence-electron chi connectivity index (χ0n) is 12.2. The second-order valence-corrected chi connectivity index (χ2v) is 6.68. The lowest BCUT2D eigenvalue weighted by Crippen LogP contribution is -2.32. The quantitative estimate of drug-likeness (QED) is 0.867. The van der Waals surface area contributed by atoms with Crippen molar-refractivity contribution in [2.24, 2.45) is 0 Å². The first-order valence-corrected chi connectivity index (χ1v) is 8.25. The fourth-order valence-electron chi connectivity index (χ4n) is 2.43. The summed E-state index contributed by atoms with van der Waals surface area (Å²) in [6.45, 7) is 3.23. The number of nitrogens with zero attached hydrogens (tertiary/aromatic N) is 1. The predicted molar refractivity (Wildman–Crippen MR) is 83.8 cm³/mol. The number of carboxylic acid groups (broad SMARTS) is 1. The van der Waals surface area contributed by atoms with Crippen molar-refractivity contribution in [2.75, 3.05) is 13.1 Å². The van der Waals surface area contributed by atoms with Crippen LogP contribution in [0.25, 0.3) is 0 Å². The van der Waals surface area contributed by atoms with Crippen molar-refractivity contribution in [1.82, 2.24) is 4.90 Å². The molecule has 0 spiro atoms. The van der Waals surface area contributed by atoms with E-state index in [1.807, 2.05) is 23.1 Å². The summed E-state index contributed by atoms with van der Waals surface area (Å²) in [4.78, 5) is 26.4. The fraction of sp³-hybridized carbons (Fsp3) is 0.500. The Hall–Kier alpha value is -1.49. The number of likely N-dealkylation sites (tertiary alicyclic amines) is 1. The molecule has 1 aromatic carbocycles. The minimum Gasteiger partial charge on any atom is -0.480 e. The van der Waals surface area contributed by atoms with E-state index in [4.69, 9.17) is 5.11 Å². The van der Waals surface area contributed by atoms with E-state index in [1.54, 1.807) is 13.0 Å². The molecule has 1 atom stereocenters. The molecule has 4 nitrogen and oxygen atoms in total. The summed E-state index contributed by atoms with van der Waals surface area (Å²) in [5.74, 6) is -0.838. The van der Waals surface area contributed by atoms with Crippen molar-refractivity contribution in [2.45, 2.75) is 42.8 Å². The highest BCUT2D eigenvalue weighted by Gasteiger charge is 2.22. The largest absolute Gasteiger partial charge is 0.480 e. The summed E-state index contributed by atoms with van der Waals surface area (Å²) in [6.07, 6.45) is 4.45. The van der Waals surface area contributed by atoms with Crippen LogP contribution in [0.5, 0.6) is 0 Å². The maximum Gasteiger partial charge on any atom is 0.316 e. The molecule has 1 aliphatic heterocycles. The van der Waals surface area contributed by atoms with Gasteiger partial charge in [0.05, 0.1) is 5.56 Å². The predicted octanol–water partition coefficient (Wildman–Crippen LogP) is 3.27. The van der Waals surface area contributed by atoms with Crippen molar-refractivity contribution in [3.05, 3.63) is 29.8 Å². The molecule has 0 radical (unpaired) electrons. The van der Waals surface area contributed by atoms with Crippen LogP contribution in [-0.4, -0.2) is 40.2 Å². The molecule has 21 heavy (non-hydrogen) atoms. The Balaban J connectivity index is 2.18. The van der Waals surface area contributed by atoms with E-state index in [-0.39, 0.29) is 5.91 Å². The van der Waals surface area contributed by atoms with E-state index in [2.05, 4.69) is 0 Å². The van der Waals surface area contributed by atoms with Crippen LogP contribution in [0.2, 0.25) is 0 Å².